The van der Waals surface area contributed by atoms with Gasteiger partial charge in [-0.2, -0.15) is 4.31 Å². The fourth-order valence-electron chi connectivity index (χ4n) is 2.48. The monoisotopic (exact) mass is 305 g/mol. The summed E-state index contributed by atoms with van der Waals surface area (Å²) in [4.78, 5) is 0. The Morgan fingerprint density at radius 1 is 1.37 bits per heavy atom. The first-order chi connectivity index (χ1) is 9.07. The fraction of sp³-hybridized carbons (Fsp3) is 0.692. The van der Waals surface area contributed by atoms with Gasteiger partial charge in [-0.15, -0.1) is 11.6 Å². The highest BCUT2D eigenvalue weighted by molar-refractivity contribution is 7.89. The summed E-state index contributed by atoms with van der Waals surface area (Å²) in [6.07, 6.45) is 4.07. The molecule has 108 valence electrons. The van der Waals surface area contributed by atoms with Gasteiger partial charge >= 0.3 is 0 Å². The highest BCUT2D eigenvalue weighted by Crippen LogP contribution is 2.26. The number of sulfonamides is 1. The van der Waals surface area contributed by atoms with Crippen LogP contribution in [0, 0.1) is 5.92 Å². The lowest BCUT2D eigenvalue weighted by molar-refractivity contribution is 0.371. The molecule has 1 aromatic rings. The predicted octanol–water partition coefficient (Wildman–Crippen LogP) is 3.22. The lowest BCUT2D eigenvalue weighted by Crippen LogP contribution is -2.31. The quantitative estimate of drug-likeness (QED) is 0.803. The first-order valence-electron chi connectivity index (χ1n) is 6.72. The average Bonchev–Trinajstić information content (AvgIpc) is 2.76. The van der Waals surface area contributed by atoms with Crippen LogP contribution in [0.4, 0.5) is 0 Å². The lowest BCUT2D eigenvalue weighted by Gasteiger charge is -2.18. The van der Waals surface area contributed by atoms with Gasteiger partial charge in [0.1, 0.15) is 5.76 Å². The van der Waals surface area contributed by atoms with Crippen molar-refractivity contribution in [1.29, 1.82) is 0 Å². The molecule has 1 aliphatic rings. The molecule has 0 amide bonds. The van der Waals surface area contributed by atoms with Gasteiger partial charge in [0.05, 0.1) is 5.88 Å². The molecule has 1 aliphatic heterocycles. The van der Waals surface area contributed by atoms with Crippen molar-refractivity contribution in [2.75, 3.05) is 13.1 Å². The van der Waals surface area contributed by atoms with E-state index >= 15 is 0 Å². The molecule has 0 N–H and O–H groups in total. The Morgan fingerprint density at radius 3 is 2.79 bits per heavy atom. The van der Waals surface area contributed by atoms with Crippen molar-refractivity contribution in [3.63, 3.8) is 0 Å². The van der Waals surface area contributed by atoms with E-state index in [2.05, 4.69) is 6.92 Å². The summed E-state index contributed by atoms with van der Waals surface area (Å²) in [6, 6.07) is 3.11. The molecule has 1 fully saturated rings. The highest BCUT2D eigenvalue weighted by Gasteiger charge is 2.29. The number of hydrogen-bond acceptors (Lipinski definition) is 3. The van der Waals surface area contributed by atoms with E-state index in [1.54, 1.807) is 10.4 Å². The van der Waals surface area contributed by atoms with E-state index in [0.29, 0.717) is 24.8 Å². The van der Waals surface area contributed by atoms with Gasteiger partial charge in [-0.25, -0.2) is 8.42 Å². The van der Waals surface area contributed by atoms with Gasteiger partial charge in [0.15, 0.2) is 0 Å². The van der Waals surface area contributed by atoms with Crippen molar-refractivity contribution in [2.45, 2.75) is 43.6 Å². The van der Waals surface area contributed by atoms with Crippen molar-refractivity contribution in [2.24, 2.45) is 5.92 Å². The van der Waals surface area contributed by atoms with Crippen LogP contribution in [0.25, 0.3) is 0 Å². The van der Waals surface area contributed by atoms with Gasteiger partial charge in [-0.1, -0.05) is 13.3 Å². The first-order valence-corrected chi connectivity index (χ1v) is 8.70. The summed E-state index contributed by atoms with van der Waals surface area (Å²) in [5.41, 5.74) is 0. The standard InChI is InChI=1S/C13H20ClNO3S/c1-2-11-4-3-8-15(9-7-11)19(16,17)13-6-5-12(10-14)18-13/h5-6,11H,2-4,7-10H2,1H3. The maximum Gasteiger partial charge on any atom is 0.276 e. The Balaban J connectivity index is 2.15. The summed E-state index contributed by atoms with van der Waals surface area (Å²) < 4.78 is 31.7. The Morgan fingerprint density at radius 2 is 2.16 bits per heavy atom. The van der Waals surface area contributed by atoms with Crippen LogP contribution in [-0.4, -0.2) is 25.8 Å². The number of halogens is 1. The van der Waals surface area contributed by atoms with E-state index in [1.807, 2.05) is 0 Å². The Bertz CT molecular complexity index is 512. The molecule has 0 radical (unpaired) electrons. The lowest BCUT2D eigenvalue weighted by atomic mass is 9.98. The van der Waals surface area contributed by atoms with Crippen molar-refractivity contribution < 1.29 is 12.8 Å². The minimum absolute atomic E-state index is 0.0121. The van der Waals surface area contributed by atoms with Crippen LogP contribution in [0.15, 0.2) is 21.6 Å². The number of furan rings is 1. The zero-order valence-corrected chi connectivity index (χ0v) is 12.7. The third-order valence-electron chi connectivity index (χ3n) is 3.75. The molecule has 1 atom stereocenters. The molecule has 6 heteroatoms. The molecule has 0 saturated carbocycles. The normalized spacial score (nSPS) is 22.3. The number of alkyl halides is 1. The molecule has 1 unspecified atom stereocenters. The number of hydrogen-bond donors (Lipinski definition) is 0. The van der Waals surface area contributed by atoms with Gasteiger partial charge in [0.2, 0.25) is 5.09 Å². The third-order valence-corrected chi connectivity index (χ3v) is 5.78. The average molecular weight is 306 g/mol. The van der Waals surface area contributed by atoms with E-state index in [-0.39, 0.29) is 11.0 Å². The molecule has 1 aromatic heterocycles. The van der Waals surface area contributed by atoms with E-state index in [0.717, 1.165) is 25.7 Å². The maximum atomic E-state index is 12.5. The van der Waals surface area contributed by atoms with E-state index in [1.165, 1.54) is 6.07 Å². The number of rotatable bonds is 4. The Hall–Kier alpha value is -0.520. The molecule has 0 aromatic carbocycles. The number of nitrogens with zero attached hydrogens (tertiary/aromatic N) is 1. The largest absolute Gasteiger partial charge is 0.447 e. The van der Waals surface area contributed by atoms with Gasteiger partial charge in [0, 0.05) is 13.1 Å². The molecule has 4 nitrogen and oxygen atoms in total. The van der Waals surface area contributed by atoms with Crippen molar-refractivity contribution in [3.05, 3.63) is 17.9 Å². The second kappa shape index (κ2) is 6.29. The van der Waals surface area contributed by atoms with E-state index < -0.39 is 10.0 Å². The summed E-state index contributed by atoms with van der Waals surface area (Å²) in [5, 5.41) is 0.0121. The van der Waals surface area contributed by atoms with Gasteiger partial charge in [-0.3, -0.25) is 0 Å². The van der Waals surface area contributed by atoms with Crippen LogP contribution in [-0.2, 0) is 15.9 Å². The first kappa shape index (κ1) is 14.9. The zero-order chi connectivity index (χ0) is 13.9. The van der Waals surface area contributed by atoms with Crippen LogP contribution in [0.2, 0.25) is 0 Å². The SMILES string of the molecule is CCC1CCCN(S(=O)(=O)c2ccc(CCl)o2)CC1. The molecule has 2 rings (SSSR count). The van der Waals surface area contributed by atoms with Crippen molar-refractivity contribution >= 4 is 21.6 Å². The second-order valence-corrected chi connectivity index (χ2v) is 7.10. The zero-order valence-electron chi connectivity index (χ0n) is 11.1. The van der Waals surface area contributed by atoms with Gasteiger partial charge in [-0.05, 0) is 37.3 Å². The molecule has 19 heavy (non-hydrogen) atoms. The molecular formula is C13H20ClNO3S. The van der Waals surface area contributed by atoms with E-state index in [9.17, 15) is 8.42 Å². The van der Waals surface area contributed by atoms with Crippen LogP contribution in [0.3, 0.4) is 0 Å². The predicted molar refractivity (Wildman–Crippen MR) is 74.7 cm³/mol. The molecule has 0 spiro atoms. The molecule has 0 bridgehead atoms. The highest BCUT2D eigenvalue weighted by atomic mass is 35.5. The topological polar surface area (TPSA) is 50.5 Å². The van der Waals surface area contributed by atoms with Gasteiger partial charge < -0.3 is 4.42 Å². The summed E-state index contributed by atoms with van der Waals surface area (Å²) >= 11 is 5.64. The maximum absolute atomic E-state index is 12.5. The second-order valence-electron chi connectivity index (χ2n) is 4.96. The molecule has 0 aliphatic carbocycles. The third kappa shape index (κ3) is 3.33. The summed E-state index contributed by atoms with van der Waals surface area (Å²) in [7, 11) is -3.50. The van der Waals surface area contributed by atoms with Crippen molar-refractivity contribution in [1.82, 2.24) is 4.31 Å². The molecule has 1 saturated heterocycles. The van der Waals surface area contributed by atoms with Crippen molar-refractivity contribution in [3.8, 4) is 0 Å². The van der Waals surface area contributed by atoms with E-state index in [4.69, 9.17) is 16.0 Å². The molecule has 2 heterocycles. The Kier molecular flexibility index (Phi) is 4.92. The smallest absolute Gasteiger partial charge is 0.276 e. The summed E-state index contributed by atoms with van der Waals surface area (Å²) in [6.45, 7) is 3.32. The van der Waals surface area contributed by atoms with Crippen LogP contribution in [0.5, 0.6) is 0 Å². The fourth-order valence-corrected chi connectivity index (χ4v) is 4.05. The van der Waals surface area contributed by atoms with Gasteiger partial charge in [0.25, 0.3) is 10.0 Å². The Labute approximate surface area is 119 Å². The van der Waals surface area contributed by atoms with Crippen LogP contribution < -0.4 is 0 Å². The van der Waals surface area contributed by atoms with Crippen LogP contribution in [0.1, 0.15) is 38.4 Å². The minimum Gasteiger partial charge on any atom is -0.447 e. The minimum atomic E-state index is -3.50. The van der Waals surface area contributed by atoms with Crippen LogP contribution >= 0.6 is 11.6 Å². The molecular weight excluding hydrogens is 286 g/mol. The summed E-state index contributed by atoms with van der Waals surface area (Å²) in [5.74, 6) is 1.31.